The van der Waals surface area contributed by atoms with Crippen molar-refractivity contribution in [3.8, 4) is 0 Å². The Morgan fingerprint density at radius 3 is 2.42 bits per heavy atom. The van der Waals surface area contributed by atoms with Crippen LogP contribution in [0.2, 0.25) is 0 Å². The number of carbonyl (C=O) groups excluding carboxylic acids is 1. The Hall–Kier alpha value is -2.95. The fourth-order valence-corrected chi connectivity index (χ4v) is 2.70. The van der Waals surface area contributed by atoms with Crippen molar-refractivity contribution >= 4 is 22.4 Å². The van der Waals surface area contributed by atoms with Crippen molar-refractivity contribution < 1.29 is 4.79 Å². The first kappa shape index (κ1) is 15.9. The number of aryl methyl sites for hydroxylation is 2. The average Bonchev–Trinajstić information content (AvgIpc) is 2.60. The van der Waals surface area contributed by atoms with Crippen molar-refractivity contribution in [2.75, 3.05) is 5.32 Å². The highest BCUT2D eigenvalue weighted by Crippen LogP contribution is 2.16. The summed E-state index contributed by atoms with van der Waals surface area (Å²) in [5.41, 5.74) is 1.97. The van der Waals surface area contributed by atoms with Gasteiger partial charge in [-0.25, -0.2) is 4.68 Å². The minimum atomic E-state index is -0.329. The molecule has 5 heteroatoms. The smallest absolute Gasteiger partial charge is 0.276 e. The third kappa shape index (κ3) is 3.06. The van der Waals surface area contributed by atoms with E-state index in [2.05, 4.69) is 17.3 Å². The van der Waals surface area contributed by atoms with Crippen molar-refractivity contribution in [2.24, 2.45) is 7.05 Å². The van der Waals surface area contributed by atoms with Crippen molar-refractivity contribution in [3.63, 3.8) is 0 Å². The Kier molecular flexibility index (Phi) is 4.42. The summed E-state index contributed by atoms with van der Waals surface area (Å²) >= 11 is 0. The molecule has 0 aliphatic heterocycles. The number of anilines is 1. The summed E-state index contributed by atoms with van der Waals surface area (Å²) < 4.78 is 1.20. The van der Waals surface area contributed by atoms with Crippen LogP contribution in [0.3, 0.4) is 0 Å². The van der Waals surface area contributed by atoms with E-state index in [1.807, 2.05) is 24.3 Å². The molecular formula is C19H19N3O2. The molecule has 0 spiro atoms. The predicted molar refractivity (Wildman–Crippen MR) is 95.4 cm³/mol. The average molecular weight is 321 g/mol. The molecule has 24 heavy (non-hydrogen) atoms. The highest BCUT2D eigenvalue weighted by Gasteiger charge is 2.15. The maximum absolute atomic E-state index is 12.6. The number of amides is 1. The summed E-state index contributed by atoms with van der Waals surface area (Å²) in [4.78, 5) is 24.7. The molecule has 0 unspecified atom stereocenters. The van der Waals surface area contributed by atoms with Gasteiger partial charge in [0.2, 0.25) is 0 Å². The number of benzene rings is 2. The van der Waals surface area contributed by atoms with Crippen LogP contribution in [0.1, 0.15) is 29.4 Å². The van der Waals surface area contributed by atoms with Crippen molar-refractivity contribution in [1.29, 1.82) is 0 Å². The highest BCUT2D eigenvalue weighted by molar-refractivity contribution is 6.11. The largest absolute Gasteiger partial charge is 0.321 e. The number of hydrogen-bond acceptors (Lipinski definition) is 3. The van der Waals surface area contributed by atoms with Crippen LogP contribution in [0, 0.1) is 0 Å². The van der Waals surface area contributed by atoms with Crippen molar-refractivity contribution in [3.05, 3.63) is 70.1 Å². The van der Waals surface area contributed by atoms with E-state index in [1.165, 1.54) is 10.2 Å². The van der Waals surface area contributed by atoms with Crippen LogP contribution in [0.15, 0.2) is 53.3 Å². The van der Waals surface area contributed by atoms with Gasteiger partial charge in [0.1, 0.15) is 0 Å². The Morgan fingerprint density at radius 2 is 1.75 bits per heavy atom. The van der Waals surface area contributed by atoms with E-state index >= 15 is 0 Å². The lowest BCUT2D eigenvalue weighted by Crippen LogP contribution is -2.25. The van der Waals surface area contributed by atoms with Crippen molar-refractivity contribution in [1.82, 2.24) is 9.78 Å². The first-order chi connectivity index (χ1) is 11.6. The summed E-state index contributed by atoms with van der Waals surface area (Å²) in [5.74, 6) is -0.329. The van der Waals surface area contributed by atoms with Gasteiger partial charge in [-0.15, -0.1) is 0 Å². The van der Waals surface area contributed by atoms with Gasteiger partial charge in [-0.2, -0.15) is 5.10 Å². The lowest BCUT2D eigenvalue weighted by atomic mass is 10.1. The van der Waals surface area contributed by atoms with Crippen LogP contribution in [0.5, 0.6) is 0 Å². The van der Waals surface area contributed by atoms with Crippen LogP contribution in [-0.2, 0) is 13.5 Å². The number of nitrogens with one attached hydrogen (secondary N) is 1. The third-order valence-electron chi connectivity index (χ3n) is 3.92. The van der Waals surface area contributed by atoms with Crippen LogP contribution in [0.25, 0.3) is 10.8 Å². The molecule has 0 aliphatic rings. The monoisotopic (exact) mass is 321 g/mol. The molecular weight excluding hydrogens is 302 g/mol. The molecule has 3 aromatic rings. The normalized spacial score (nSPS) is 10.8. The SMILES string of the molecule is CCCc1ccc(NC(=O)c2nn(C)c(=O)c3ccccc23)cc1. The van der Waals surface area contributed by atoms with Crippen LogP contribution in [-0.4, -0.2) is 15.7 Å². The molecule has 0 saturated carbocycles. The number of hydrogen-bond donors (Lipinski definition) is 1. The topological polar surface area (TPSA) is 64.0 Å². The Balaban J connectivity index is 1.94. The first-order valence-corrected chi connectivity index (χ1v) is 7.96. The Labute approximate surface area is 139 Å². The van der Waals surface area contributed by atoms with Crippen molar-refractivity contribution in [2.45, 2.75) is 19.8 Å². The molecule has 0 saturated heterocycles. The van der Waals surface area contributed by atoms with Crippen LogP contribution in [0.4, 0.5) is 5.69 Å². The van der Waals surface area contributed by atoms with Gasteiger partial charge in [0.15, 0.2) is 5.69 Å². The molecule has 3 rings (SSSR count). The summed E-state index contributed by atoms with van der Waals surface area (Å²) in [6, 6.07) is 14.8. The molecule has 1 aromatic heterocycles. The molecule has 0 fully saturated rings. The fourth-order valence-electron chi connectivity index (χ4n) is 2.70. The summed E-state index contributed by atoms with van der Waals surface area (Å²) in [7, 11) is 1.55. The molecule has 0 radical (unpaired) electrons. The van der Waals surface area contributed by atoms with Gasteiger partial charge in [0.25, 0.3) is 11.5 Å². The number of carbonyl (C=O) groups is 1. The molecule has 1 N–H and O–H groups in total. The van der Waals surface area contributed by atoms with E-state index in [-0.39, 0.29) is 17.2 Å². The van der Waals surface area contributed by atoms with E-state index in [0.29, 0.717) is 16.5 Å². The van der Waals surface area contributed by atoms with E-state index in [9.17, 15) is 9.59 Å². The fraction of sp³-hybridized carbons (Fsp3) is 0.211. The standard InChI is InChI=1S/C19H19N3O2/c1-3-6-13-9-11-14(12-10-13)20-18(23)17-15-7-4-5-8-16(15)19(24)22(2)21-17/h4-5,7-12H,3,6H2,1-2H3,(H,20,23). The lowest BCUT2D eigenvalue weighted by molar-refractivity contribution is 0.102. The molecule has 0 aliphatic carbocycles. The van der Waals surface area contributed by atoms with E-state index in [1.54, 1.807) is 31.3 Å². The molecule has 2 aromatic carbocycles. The van der Waals surface area contributed by atoms with Gasteiger partial charge < -0.3 is 5.32 Å². The quantitative estimate of drug-likeness (QED) is 0.803. The second-order valence-corrected chi connectivity index (χ2v) is 5.72. The highest BCUT2D eigenvalue weighted by atomic mass is 16.2. The lowest BCUT2D eigenvalue weighted by Gasteiger charge is -2.09. The maximum atomic E-state index is 12.6. The van der Waals surface area contributed by atoms with Gasteiger partial charge in [0.05, 0.1) is 5.39 Å². The molecule has 1 heterocycles. The zero-order chi connectivity index (χ0) is 17.1. The van der Waals surface area contributed by atoms with Gasteiger partial charge in [0, 0.05) is 18.1 Å². The zero-order valence-electron chi connectivity index (χ0n) is 13.7. The number of fused-ring (bicyclic) bond motifs is 1. The minimum Gasteiger partial charge on any atom is -0.321 e. The third-order valence-corrected chi connectivity index (χ3v) is 3.92. The Morgan fingerprint density at radius 1 is 1.08 bits per heavy atom. The molecule has 5 nitrogen and oxygen atoms in total. The van der Waals surface area contributed by atoms with Crippen LogP contribution >= 0.6 is 0 Å². The van der Waals surface area contributed by atoms with E-state index in [4.69, 9.17) is 0 Å². The Bertz CT molecular complexity index is 943. The maximum Gasteiger partial charge on any atom is 0.276 e. The van der Waals surface area contributed by atoms with Gasteiger partial charge in [-0.05, 0) is 30.2 Å². The van der Waals surface area contributed by atoms with Crippen LogP contribution < -0.4 is 10.9 Å². The summed E-state index contributed by atoms with van der Waals surface area (Å²) in [6.45, 7) is 2.13. The van der Waals surface area contributed by atoms with Gasteiger partial charge in [-0.3, -0.25) is 9.59 Å². The number of nitrogens with zero attached hydrogens (tertiary/aromatic N) is 2. The molecule has 0 bridgehead atoms. The first-order valence-electron chi connectivity index (χ1n) is 7.96. The summed E-state index contributed by atoms with van der Waals surface area (Å²) in [5, 5.41) is 8.03. The second kappa shape index (κ2) is 6.66. The molecule has 1 amide bonds. The molecule has 0 atom stereocenters. The van der Waals surface area contributed by atoms with Gasteiger partial charge >= 0.3 is 0 Å². The summed E-state index contributed by atoms with van der Waals surface area (Å²) in [6.07, 6.45) is 2.10. The van der Waals surface area contributed by atoms with Gasteiger partial charge in [-0.1, -0.05) is 43.7 Å². The predicted octanol–water partition coefficient (Wildman–Crippen LogP) is 3.14. The number of aromatic nitrogens is 2. The minimum absolute atomic E-state index is 0.217. The van der Waals surface area contributed by atoms with E-state index < -0.39 is 0 Å². The van der Waals surface area contributed by atoms with E-state index in [0.717, 1.165) is 12.8 Å². The second-order valence-electron chi connectivity index (χ2n) is 5.72. The number of rotatable bonds is 4. The molecule has 122 valence electrons. The zero-order valence-corrected chi connectivity index (χ0v) is 13.7.